The third kappa shape index (κ3) is 3.55. The molecule has 1 aliphatic heterocycles. The van der Waals surface area contributed by atoms with Crippen molar-refractivity contribution in [2.75, 3.05) is 31.0 Å². The van der Waals surface area contributed by atoms with Crippen molar-refractivity contribution in [3.63, 3.8) is 0 Å². The lowest BCUT2D eigenvalue weighted by atomic mass is 10.1. The minimum atomic E-state index is -0.455. The second kappa shape index (κ2) is 7.06. The van der Waals surface area contributed by atoms with Gasteiger partial charge in [-0.2, -0.15) is 0 Å². The highest BCUT2D eigenvalue weighted by Crippen LogP contribution is 2.36. The summed E-state index contributed by atoms with van der Waals surface area (Å²) in [4.78, 5) is 26.4. The first kappa shape index (κ1) is 17.2. The molecule has 25 heavy (non-hydrogen) atoms. The lowest BCUT2D eigenvalue weighted by molar-refractivity contribution is -0.122. The van der Waals surface area contributed by atoms with Crippen molar-refractivity contribution >= 4 is 34.0 Å². The van der Waals surface area contributed by atoms with Gasteiger partial charge in [-0.05, 0) is 19.1 Å². The predicted molar refractivity (Wildman–Crippen MR) is 93.3 cm³/mol. The van der Waals surface area contributed by atoms with Gasteiger partial charge in [0, 0.05) is 19.0 Å². The van der Waals surface area contributed by atoms with Crippen LogP contribution in [0.25, 0.3) is 0 Å². The molecule has 1 saturated heterocycles. The number of aryl methyl sites for hydroxylation is 1. The molecule has 1 fully saturated rings. The molecular formula is C16H18N4O4S. The van der Waals surface area contributed by atoms with Crippen molar-refractivity contribution in [1.29, 1.82) is 0 Å². The van der Waals surface area contributed by atoms with Gasteiger partial charge in [-0.25, -0.2) is 0 Å². The highest BCUT2D eigenvalue weighted by atomic mass is 32.1. The number of carbonyl (C=O) groups is 2. The summed E-state index contributed by atoms with van der Waals surface area (Å²) >= 11 is 1.30. The summed E-state index contributed by atoms with van der Waals surface area (Å²) in [7, 11) is 3.09. The smallest absolute Gasteiger partial charge is 0.231 e. The third-order valence-corrected chi connectivity index (χ3v) is 4.68. The van der Waals surface area contributed by atoms with Gasteiger partial charge in [0.1, 0.15) is 16.5 Å². The van der Waals surface area contributed by atoms with Gasteiger partial charge in [-0.1, -0.05) is 11.3 Å². The van der Waals surface area contributed by atoms with Gasteiger partial charge in [-0.3, -0.25) is 9.59 Å². The number of hydrogen-bond acceptors (Lipinski definition) is 7. The minimum absolute atomic E-state index is 0.128. The lowest BCUT2D eigenvalue weighted by Gasteiger charge is -2.20. The Morgan fingerprint density at radius 2 is 2.12 bits per heavy atom. The van der Waals surface area contributed by atoms with Crippen LogP contribution in [-0.2, 0) is 9.59 Å². The van der Waals surface area contributed by atoms with E-state index in [0.29, 0.717) is 22.3 Å². The maximum Gasteiger partial charge on any atom is 0.231 e. The molecule has 0 aliphatic carbocycles. The molecule has 0 radical (unpaired) electrons. The summed E-state index contributed by atoms with van der Waals surface area (Å²) in [6.07, 6.45) is 0.138. The Hall–Kier alpha value is -2.68. The summed E-state index contributed by atoms with van der Waals surface area (Å²) < 4.78 is 10.5. The van der Waals surface area contributed by atoms with E-state index in [0.717, 1.165) is 5.01 Å². The summed E-state index contributed by atoms with van der Waals surface area (Å²) in [5.41, 5.74) is 0.621. The van der Waals surface area contributed by atoms with Crippen molar-refractivity contribution < 1.29 is 19.1 Å². The van der Waals surface area contributed by atoms with E-state index < -0.39 is 5.92 Å². The molecule has 0 spiro atoms. The summed E-state index contributed by atoms with van der Waals surface area (Å²) in [6, 6.07) is 5.21. The van der Waals surface area contributed by atoms with Gasteiger partial charge in [0.15, 0.2) is 0 Å². The molecule has 1 N–H and O–H groups in total. The maximum atomic E-state index is 12.4. The number of nitrogens with zero attached hydrogens (tertiary/aromatic N) is 3. The first-order chi connectivity index (χ1) is 12.0. The summed E-state index contributed by atoms with van der Waals surface area (Å²) in [5.74, 6) is 0.335. The first-order valence-corrected chi connectivity index (χ1v) is 8.47. The number of benzene rings is 1. The minimum Gasteiger partial charge on any atom is -0.497 e. The van der Waals surface area contributed by atoms with E-state index in [-0.39, 0.29) is 24.8 Å². The molecule has 1 atom stereocenters. The molecule has 1 aliphatic rings. The standard InChI is InChI=1S/C16H18N4O4S/c1-9-18-19-16(25-9)17-15(22)10-6-14(21)20(8-10)12-5-4-11(23-2)7-13(12)24-3/h4-5,7,10H,6,8H2,1-3H3,(H,17,19,22)/t10-/m1/s1. The van der Waals surface area contributed by atoms with Crippen LogP contribution >= 0.6 is 11.3 Å². The zero-order valence-electron chi connectivity index (χ0n) is 14.1. The number of rotatable bonds is 5. The van der Waals surface area contributed by atoms with Crippen LogP contribution in [0.5, 0.6) is 11.5 Å². The number of hydrogen-bond donors (Lipinski definition) is 1. The van der Waals surface area contributed by atoms with Crippen molar-refractivity contribution in [2.45, 2.75) is 13.3 Å². The van der Waals surface area contributed by atoms with Gasteiger partial charge in [0.2, 0.25) is 16.9 Å². The SMILES string of the molecule is COc1ccc(N2C[C@H](C(=O)Nc3nnc(C)s3)CC2=O)c(OC)c1. The summed E-state index contributed by atoms with van der Waals surface area (Å²) in [5, 5.41) is 11.7. The van der Waals surface area contributed by atoms with E-state index in [1.807, 2.05) is 6.92 Å². The highest BCUT2D eigenvalue weighted by Gasteiger charge is 2.36. The number of amides is 2. The second-order valence-electron chi connectivity index (χ2n) is 5.56. The van der Waals surface area contributed by atoms with Crippen LogP contribution in [0, 0.1) is 12.8 Å². The third-order valence-electron chi connectivity index (χ3n) is 3.93. The van der Waals surface area contributed by atoms with Crippen LogP contribution in [0.4, 0.5) is 10.8 Å². The van der Waals surface area contributed by atoms with E-state index in [9.17, 15) is 9.59 Å². The van der Waals surface area contributed by atoms with Gasteiger partial charge in [0.25, 0.3) is 0 Å². The molecule has 3 rings (SSSR count). The highest BCUT2D eigenvalue weighted by molar-refractivity contribution is 7.15. The molecule has 2 aromatic rings. The Bertz CT molecular complexity index is 807. The topological polar surface area (TPSA) is 93.6 Å². The van der Waals surface area contributed by atoms with Crippen LogP contribution in [0.15, 0.2) is 18.2 Å². The molecular weight excluding hydrogens is 344 g/mol. The molecule has 9 heteroatoms. The average Bonchev–Trinajstić information content (AvgIpc) is 3.19. The van der Waals surface area contributed by atoms with E-state index in [2.05, 4.69) is 15.5 Å². The van der Waals surface area contributed by atoms with Crippen molar-refractivity contribution in [2.24, 2.45) is 5.92 Å². The Morgan fingerprint density at radius 3 is 2.76 bits per heavy atom. The molecule has 0 unspecified atom stereocenters. The fourth-order valence-electron chi connectivity index (χ4n) is 2.68. The van der Waals surface area contributed by atoms with Crippen LogP contribution in [0.3, 0.4) is 0 Å². The fraction of sp³-hybridized carbons (Fsp3) is 0.375. The Labute approximate surface area is 148 Å². The van der Waals surface area contributed by atoms with Crippen molar-refractivity contribution in [1.82, 2.24) is 10.2 Å². The van der Waals surface area contributed by atoms with E-state index in [4.69, 9.17) is 9.47 Å². The molecule has 8 nitrogen and oxygen atoms in total. The van der Waals surface area contributed by atoms with Crippen LogP contribution in [0.2, 0.25) is 0 Å². The quantitative estimate of drug-likeness (QED) is 0.872. The number of aromatic nitrogens is 2. The number of methoxy groups -OCH3 is 2. The van der Waals surface area contributed by atoms with Crippen LogP contribution in [-0.4, -0.2) is 42.8 Å². The molecule has 1 aromatic heterocycles. The normalized spacial score (nSPS) is 16.8. The predicted octanol–water partition coefficient (Wildman–Crippen LogP) is 1.86. The average molecular weight is 362 g/mol. The van der Waals surface area contributed by atoms with Gasteiger partial charge in [-0.15, -0.1) is 10.2 Å². The molecule has 2 heterocycles. The first-order valence-electron chi connectivity index (χ1n) is 7.65. The molecule has 0 saturated carbocycles. The number of anilines is 2. The zero-order valence-corrected chi connectivity index (χ0v) is 14.9. The number of carbonyl (C=O) groups excluding carboxylic acids is 2. The van der Waals surface area contributed by atoms with Crippen molar-refractivity contribution in [3.8, 4) is 11.5 Å². The maximum absolute atomic E-state index is 12.4. The Morgan fingerprint density at radius 1 is 1.32 bits per heavy atom. The van der Waals surface area contributed by atoms with Crippen LogP contribution < -0.4 is 19.7 Å². The van der Waals surface area contributed by atoms with Gasteiger partial charge < -0.3 is 19.7 Å². The molecule has 132 valence electrons. The molecule has 2 amide bonds. The van der Waals surface area contributed by atoms with Gasteiger partial charge in [0.05, 0.1) is 25.8 Å². The number of ether oxygens (including phenoxy) is 2. The van der Waals surface area contributed by atoms with E-state index in [1.54, 1.807) is 30.2 Å². The molecule has 0 bridgehead atoms. The van der Waals surface area contributed by atoms with E-state index >= 15 is 0 Å². The fourth-order valence-corrected chi connectivity index (χ4v) is 3.27. The monoisotopic (exact) mass is 362 g/mol. The lowest BCUT2D eigenvalue weighted by Crippen LogP contribution is -2.28. The molecule has 1 aromatic carbocycles. The Balaban J connectivity index is 1.75. The van der Waals surface area contributed by atoms with Gasteiger partial charge >= 0.3 is 0 Å². The second-order valence-corrected chi connectivity index (χ2v) is 6.74. The number of nitrogens with one attached hydrogen (secondary N) is 1. The van der Waals surface area contributed by atoms with Crippen molar-refractivity contribution in [3.05, 3.63) is 23.2 Å². The summed E-state index contributed by atoms with van der Waals surface area (Å²) in [6.45, 7) is 2.09. The van der Waals surface area contributed by atoms with E-state index in [1.165, 1.54) is 18.4 Å². The largest absolute Gasteiger partial charge is 0.497 e. The van der Waals surface area contributed by atoms with Crippen LogP contribution in [0.1, 0.15) is 11.4 Å². The zero-order chi connectivity index (χ0) is 18.0. The Kier molecular flexibility index (Phi) is 4.84.